The Balaban J connectivity index is 1.83. The number of nitrogens with zero attached hydrogens (tertiary/aromatic N) is 1. The molecule has 1 saturated heterocycles. The molecule has 5 heteroatoms. The zero-order chi connectivity index (χ0) is 15.2. The van der Waals surface area contributed by atoms with Crippen LogP contribution in [0.5, 0.6) is 5.75 Å². The monoisotopic (exact) mass is 292 g/mol. The van der Waals surface area contributed by atoms with Crippen LogP contribution in [0.2, 0.25) is 0 Å². The standard InChI is InChI=1S/C16H24N2O3/c1-4-20-15-7-5-14(6-8-15)17-16(19)11-18-9-12(2)21-13(3)10-18/h5-8,12-13H,4,9-11H2,1-3H3,(H,17,19)/t12-,13-/m1/s1. The number of benzene rings is 1. The van der Waals surface area contributed by atoms with Crippen LogP contribution in [0.3, 0.4) is 0 Å². The van der Waals surface area contributed by atoms with E-state index in [1.54, 1.807) is 0 Å². The van der Waals surface area contributed by atoms with E-state index < -0.39 is 0 Å². The third-order valence-corrected chi connectivity index (χ3v) is 3.31. The van der Waals surface area contributed by atoms with Gasteiger partial charge in [0, 0.05) is 18.8 Å². The van der Waals surface area contributed by atoms with Crippen molar-refractivity contribution in [3.05, 3.63) is 24.3 Å². The normalized spacial score (nSPS) is 22.8. The summed E-state index contributed by atoms with van der Waals surface area (Å²) in [6.07, 6.45) is 0.346. The number of carbonyl (C=O) groups is 1. The lowest BCUT2D eigenvalue weighted by atomic mass is 10.2. The van der Waals surface area contributed by atoms with E-state index in [9.17, 15) is 4.79 Å². The summed E-state index contributed by atoms with van der Waals surface area (Å²) >= 11 is 0. The van der Waals surface area contributed by atoms with Gasteiger partial charge in [-0.1, -0.05) is 0 Å². The van der Waals surface area contributed by atoms with Crippen molar-refractivity contribution in [1.82, 2.24) is 4.90 Å². The number of hydrogen-bond acceptors (Lipinski definition) is 4. The fourth-order valence-corrected chi connectivity index (χ4v) is 2.62. The van der Waals surface area contributed by atoms with Gasteiger partial charge in [0.2, 0.25) is 5.91 Å². The molecule has 0 aliphatic carbocycles. The molecule has 1 aliphatic heterocycles. The van der Waals surface area contributed by atoms with Crippen molar-refractivity contribution in [2.24, 2.45) is 0 Å². The maximum atomic E-state index is 12.1. The number of rotatable bonds is 5. The minimum Gasteiger partial charge on any atom is -0.494 e. The van der Waals surface area contributed by atoms with Gasteiger partial charge >= 0.3 is 0 Å². The second-order valence-electron chi connectivity index (χ2n) is 5.46. The molecule has 0 spiro atoms. The summed E-state index contributed by atoms with van der Waals surface area (Å²) in [5.41, 5.74) is 0.790. The lowest BCUT2D eigenvalue weighted by molar-refractivity contribution is -0.121. The Morgan fingerprint density at radius 1 is 1.29 bits per heavy atom. The number of carbonyl (C=O) groups excluding carboxylic acids is 1. The second kappa shape index (κ2) is 7.43. The number of nitrogens with one attached hydrogen (secondary N) is 1. The third-order valence-electron chi connectivity index (χ3n) is 3.31. The van der Waals surface area contributed by atoms with Crippen LogP contribution in [0.15, 0.2) is 24.3 Å². The Hall–Kier alpha value is -1.59. The third kappa shape index (κ3) is 5.02. The zero-order valence-electron chi connectivity index (χ0n) is 13.0. The second-order valence-corrected chi connectivity index (χ2v) is 5.46. The van der Waals surface area contributed by atoms with E-state index >= 15 is 0 Å². The van der Waals surface area contributed by atoms with Crippen molar-refractivity contribution in [1.29, 1.82) is 0 Å². The summed E-state index contributed by atoms with van der Waals surface area (Å²) in [4.78, 5) is 14.2. The molecular weight excluding hydrogens is 268 g/mol. The Labute approximate surface area is 126 Å². The molecule has 21 heavy (non-hydrogen) atoms. The van der Waals surface area contributed by atoms with Gasteiger partial charge in [-0.2, -0.15) is 0 Å². The average molecular weight is 292 g/mol. The van der Waals surface area contributed by atoms with E-state index in [1.165, 1.54) is 0 Å². The highest BCUT2D eigenvalue weighted by molar-refractivity contribution is 5.92. The highest BCUT2D eigenvalue weighted by Gasteiger charge is 2.23. The van der Waals surface area contributed by atoms with Crippen molar-refractivity contribution in [2.45, 2.75) is 33.0 Å². The minimum atomic E-state index is 0.000426. The van der Waals surface area contributed by atoms with Gasteiger partial charge in [0.25, 0.3) is 0 Å². The number of anilines is 1. The van der Waals surface area contributed by atoms with Crippen molar-refractivity contribution in [3.8, 4) is 5.75 Å². The van der Waals surface area contributed by atoms with Gasteiger partial charge in [0.05, 0.1) is 25.4 Å². The minimum absolute atomic E-state index is 0.000426. The molecule has 1 amide bonds. The predicted octanol–water partition coefficient (Wildman–Crippen LogP) is 2.13. The highest BCUT2D eigenvalue weighted by atomic mass is 16.5. The van der Waals surface area contributed by atoms with Gasteiger partial charge in [-0.05, 0) is 45.0 Å². The molecule has 0 bridgehead atoms. The van der Waals surface area contributed by atoms with Crippen molar-refractivity contribution >= 4 is 11.6 Å². The highest BCUT2D eigenvalue weighted by Crippen LogP contribution is 2.16. The van der Waals surface area contributed by atoms with Crippen molar-refractivity contribution in [2.75, 3.05) is 31.6 Å². The van der Waals surface area contributed by atoms with Crippen LogP contribution >= 0.6 is 0 Å². The van der Waals surface area contributed by atoms with E-state index in [0.29, 0.717) is 13.2 Å². The molecule has 0 unspecified atom stereocenters. The summed E-state index contributed by atoms with van der Waals surface area (Å²) in [6.45, 7) is 8.63. The van der Waals surface area contributed by atoms with Gasteiger partial charge in [0.15, 0.2) is 0 Å². The smallest absolute Gasteiger partial charge is 0.238 e. The first-order valence-electron chi connectivity index (χ1n) is 7.47. The largest absolute Gasteiger partial charge is 0.494 e. The molecule has 5 nitrogen and oxygen atoms in total. The van der Waals surface area contributed by atoms with Crippen LogP contribution in [0.1, 0.15) is 20.8 Å². The van der Waals surface area contributed by atoms with Crippen LogP contribution in [0.4, 0.5) is 5.69 Å². The van der Waals surface area contributed by atoms with Crippen LogP contribution in [0.25, 0.3) is 0 Å². The predicted molar refractivity (Wildman–Crippen MR) is 82.7 cm³/mol. The Morgan fingerprint density at radius 3 is 2.48 bits per heavy atom. The van der Waals surface area contributed by atoms with E-state index in [-0.39, 0.29) is 18.1 Å². The summed E-state index contributed by atoms with van der Waals surface area (Å²) in [6, 6.07) is 7.43. The number of amides is 1. The van der Waals surface area contributed by atoms with Gasteiger partial charge in [-0.25, -0.2) is 0 Å². The van der Waals surface area contributed by atoms with Gasteiger partial charge in [-0.3, -0.25) is 9.69 Å². The lowest BCUT2D eigenvalue weighted by Gasteiger charge is -2.34. The molecule has 1 fully saturated rings. The van der Waals surface area contributed by atoms with Crippen molar-refractivity contribution < 1.29 is 14.3 Å². The van der Waals surface area contributed by atoms with Gasteiger partial charge in [0.1, 0.15) is 5.75 Å². The molecular formula is C16H24N2O3. The first-order chi connectivity index (χ1) is 10.1. The first-order valence-corrected chi connectivity index (χ1v) is 7.47. The van der Waals surface area contributed by atoms with E-state index in [0.717, 1.165) is 24.5 Å². The quantitative estimate of drug-likeness (QED) is 0.903. The summed E-state index contributed by atoms with van der Waals surface area (Å²) < 4.78 is 11.0. The maximum absolute atomic E-state index is 12.1. The van der Waals surface area contributed by atoms with Crippen LogP contribution in [-0.4, -0.2) is 49.3 Å². The molecule has 2 atom stereocenters. The maximum Gasteiger partial charge on any atom is 0.238 e. The van der Waals surface area contributed by atoms with Crippen LogP contribution in [0, 0.1) is 0 Å². The molecule has 2 rings (SSSR count). The topological polar surface area (TPSA) is 50.8 Å². The van der Waals surface area contributed by atoms with Gasteiger partial charge < -0.3 is 14.8 Å². The summed E-state index contributed by atoms with van der Waals surface area (Å²) in [7, 11) is 0. The first kappa shape index (κ1) is 15.8. The lowest BCUT2D eigenvalue weighted by Crippen LogP contribution is -2.48. The number of morpholine rings is 1. The fourth-order valence-electron chi connectivity index (χ4n) is 2.62. The van der Waals surface area contributed by atoms with E-state index in [1.807, 2.05) is 45.0 Å². The molecule has 1 aromatic carbocycles. The van der Waals surface area contributed by atoms with Crippen molar-refractivity contribution in [3.63, 3.8) is 0 Å². The number of ether oxygens (including phenoxy) is 2. The SMILES string of the molecule is CCOc1ccc(NC(=O)CN2C[C@@H](C)O[C@H](C)C2)cc1. The molecule has 1 heterocycles. The molecule has 1 aliphatic rings. The van der Waals surface area contributed by atoms with E-state index in [4.69, 9.17) is 9.47 Å². The molecule has 116 valence electrons. The average Bonchev–Trinajstić information content (AvgIpc) is 2.40. The molecule has 1 N–H and O–H groups in total. The van der Waals surface area contributed by atoms with Crippen LogP contribution < -0.4 is 10.1 Å². The summed E-state index contributed by atoms with van der Waals surface area (Å²) in [5.74, 6) is 0.812. The Kier molecular flexibility index (Phi) is 5.59. The molecule has 0 radical (unpaired) electrons. The molecule has 0 aromatic heterocycles. The summed E-state index contributed by atoms with van der Waals surface area (Å²) in [5, 5.41) is 2.91. The van der Waals surface area contributed by atoms with Gasteiger partial charge in [-0.15, -0.1) is 0 Å². The number of hydrogen-bond donors (Lipinski definition) is 1. The Morgan fingerprint density at radius 2 is 1.90 bits per heavy atom. The molecule has 1 aromatic rings. The zero-order valence-corrected chi connectivity index (χ0v) is 13.0. The molecule has 0 saturated carbocycles. The fraction of sp³-hybridized carbons (Fsp3) is 0.562. The Bertz CT molecular complexity index is 451. The van der Waals surface area contributed by atoms with E-state index in [2.05, 4.69) is 10.2 Å². The van der Waals surface area contributed by atoms with Crippen LogP contribution in [-0.2, 0) is 9.53 Å².